The summed E-state index contributed by atoms with van der Waals surface area (Å²) in [6.45, 7) is 7.80. The van der Waals surface area contributed by atoms with Crippen LogP contribution in [0.3, 0.4) is 0 Å². The van der Waals surface area contributed by atoms with Crippen molar-refractivity contribution >= 4 is 17.1 Å². The molecule has 3 fully saturated rings. The van der Waals surface area contributed by atoms with Crippen LogP contribution in [0.2, 0.25) is 0 Å². The molecule has 6 heteroatoms. The number of hydrogen-bond donors (Lipinski definition) is 1. The van der Waals surface area contributed by atoms with E-state index in [1.54, 1.807) is 11.3 Å². The molecule has 38 heavy (non-hydrogen) atoms. The highest BCUT2D eigenvalue weighted by molar-refractivity contribution is 7.13. The first-order valence-corrected chi connectivity index (χ1v) is 15.0. The van der Waals surface area contributed by atoms with E-state index in [2.05, 4.69) is 56.1 Å². The molecule has 0 bridgehead atoms. The van der Waals surface area contributed by atoms with E-state index in [0.717, 1.165) is 36.3 Å². The minimum Gasteiger partial charge on any atom is -0.385 e. The molecule has 2 heterocycles. The van der Waals surface area contributed by atoms with E-state index in [0.29, 0.717) is 26.1 Å². The number of ketones is 1. The highest BCUT2D eigenvalue weighted by atomic mass is 32.1. The average Bonchev–Trinajstić information content (AvgIpc) is 3.54. The summed E-state index contributed by atoms with van der Waals surface area (Å²) in [5.41, 5.74) is 3.60. The molecule has 1 aromatic carbocycles. The summed E-state index contributed by atoms with van der Waals surface area (Å²) in [5, 5.41) is 15.3. The van der Waals surface area contributed by atoms with Crippen molar-refractivity contribution in [3.8, 4) is 10.6 Å². The summed E-state index contributed by atoms with van der Waals surface area (Å²) in [4.78, 5) is 17.7. The Morgan fingerprint density at radius 2 is 1.84 bits per heavy atom. The van der Waals surface area contributed by atoms with Crippen molar-refractivity contribution < 1.29 is 19.4 Å². The average molecular weight is 532 g/mol. The van der Waals surface area contributed by atoms with Crippen LogP contribution in [0.15, 0.2) is 59.1 Å². The maximum Gasteiger partial charge on any atom is 0.171 e. The van der Waals surface area contributed by atoms with Crippen LogP contribution >= 0.6 is 11.3 Å². The Kier molecular flexibility index (Phi) is 5.53. The van der Waals surface area contributed by atoms with Crippen molar-refractivity contribution in [1.82, 2.24) is 4.98 Å². The lowest BCUT2D eigenvalue weighted by Crippen LogP contribution is -2.57. The third-order valence-corrected chi connectivity index (χ3v) is 11.0. The Hall–Kier alpha value is -2.12. The van der Waals surface area contributed by atoms with Crippen LogP contribution in [-0.2, 0) is 14.3 Å². The first-order valence-electron chi connectivity index (χ1n) is 14.1. The molecule has 0 unspecified atom stereocenters. The standard InChI is InChI=1S/C32H37NO4S/c1-29(2)18-36-32(37-19-29)13-11-25-27-22(10-12-31(25,35)17-32)24-8-9-26(34)30(24,3)16-23(27)20-4-6-21(7-5-20)28-33-14-15-38-28/h4-9,14-15,22-24,35H,10-13,16-19H2,1-3H3/t22-,23+,24-,30-,31+/m0/s1. The number of carbonyl (C=O) groups excluding carboxylic acids is 1. The summed E-state index contributed by atoms with van der Waals surface area (Å²) in [6.07, 6.45) is 10.2. The molecule has 5 aliphatic rings. The number of ether oxygens (including phenoxy) is 2. The van der Waals surface area contributed by atoms with Crippen molar-refractivity contribution in [2.75, 3.05) is 13.2 Å². The van der Waals surface area contributed by atoms with Crippen molar-refractivity contribution in [3.63, 3.8) is 0 Å². The predicted molar refractivity (Wildman–Crippen MR) is 148 cm³/mol. The first kappa shape index (κ1) is 24.9. The van der Waals surface area contributed by atoms with Crippen LogP contribution in [0.1, 0.15) is 70.8 Å². The van der Waals surface area contributed by atoms with Gasteiger partial charge in [-0.3, -0.25) is 4.79 Å². The minimum atomic E-state index is -0.926. The Morgan fingerprint density at radius 3 is 2.55 bits per heavy atom. The van der Waals surface area contributed by atoms with Gasteiger partial charge in [0.05, 0.1) is 18.8 Å². The van der Waals surface area contributed by atoms with Gasteiger partial charge in [0.2, 0.25) is 0 Å². The Balaban J connectivity index is 1.29. The maximum atomic E-state index is 13.2. The molecule has 1 saturated heterocycles. The number of aliphatic hydroxyl groups is 1. The van der Waals surface area contributed by atoms with Crippen molar-refractivity contribution in [3.05, 3.63) is 64.7 Å². The van der Waals surface area contributed by atoms with E-state index in [1.807, 2.05) is 17.7 Å². The number of nitrogens with zero attached hydrogens (tertiary/aromatic N) is 1. The van der Waals surface area contributed by atoms with Crippen LogP contribution in [-0.4, -0.2) is 40.5 Å². The zero-order valence-corrected chi connectivity index (χ0v) is 23.4. The van der Waals surface area contributed by atoms with Gasteiger partial charge < -0.3 is 14.6 Å². The van der Waals surface area contributed by atoms with Crippen LogP contribution < -0.4 is 0 Å². The van der Waals surface area contributed by atoms with E-state index in [4.69, 9.17) is 9.47 Å². The molecule has 4 aliphatic carbocycles. The van der Waals surface area contributed by atoms with E-state index >= 15 is 0 Å². The van der Waals surface area contributed by atoms with Gasteiger partial charge in [-0.2, -0.15) is 0 Å². The fourth-order valence-corrected chi connectivity index (χ4v) is 8.71. The molecule has 2 saturated carbocycles. The van der Waals surface area contributed by atoms with Crippen LogP contribution in [0.5, 0.6) is 0 Å². The second-order valence-electron chi connectivity index (χ2n) is 13.3. The number of rotatable bonds is 2. The van der Waals surface area contributed by atoms with Crippen molar-refractivity contribution in [2.45, 2.75) is 76.6 Å². The highest BCUT2D eigenvalue weighted by Gasteiger charge is 2.59. The molecule has 5 atom stereocenters. The van der Waals surface area contributed by atoms with E-state index < -0.39 is 11.4 Å². The lowest BCUT2D eigenvalue weighted by Gasteiger charge is -2.56. The van der Waals surface area contributed by atoms with Gasteiger partial charge in [-0.15, -0.1) is 11.3 Å². The predicted octanol–water partition coefficient (Wildman–Crippen LogP) is 6.45. The van der Waals surface area contributed by atoms with Gasteiger partial charge in [0.15, 0.2) is 11.6 Å². The van der Waals surface area contributed by atoms with Gasteiger partial charge in [0.1, 0.15) is 5.01 Å². The largest absolute Gasteiger partial charge is 0.385 e. The van der Waals surface area contributed by atoms with Crippen molar-refractivity contribution in [1.29, 1.82) is 0 Å². The number of aromatic nitrogens is 1. The van der Waals surface area contributed by atoms with Crippen LogP contribution in [0.25, 0.3) is 10.6 Å². The Morgan fingerprint density at radius 1 is 1.08 bits per heavy atom. The van der Waals surface area contributed by atoms with E-state index in [-0.39, 0.29) is 34.4 Å². The molecule has 1 aromatic heterocycles. The SMILES string of the molecule is CC1(C)COC2(CCC3=C4[C@@H](CC[C@@]3(O)C2)[C@@H]2C=CC(=O)[C@@]2(C)C[C@@H]4c2ccc(-c3nccs3)cc2)OC1. The second kappa shape index (κ2) is 8.44. The molecule has 1 N–H and O–H groups in total. The molecule has 200 valence electrons. The number of benzene rings is 1. The monoisotopic (exact) mass is 531 g/mol. The molecule has 1 spiro atoms. The van der Waals surface area contributed by atoms with Gasteiger partial charge in [-0.05, 0) is 54.7 Å². The fourth-order valence-electron chi connectivity index (χ4n) is 8.07. The van der Waals surface area contributed by atoms with Crippen LogP contribution in [0, 0.1) is 22.7 Å². The topological polar surface area (TPSA) is 68.7 Å². The number of fused-ring (bicyclic) bond motifs is 4. The van der Waals surface area contributed by atoms with Crippen LogP contribution in [0.4, 0.5) is 0 Å². The minimum absolute atomic E-state index is 0.00463. The molecular weight excluding hydrogens is 494 g/mol. The number of hydrogen-bond acceptors (Lipinski definition) is 6. The summed E-state index contributed by atoms with van der Waals surface area (Å²) >= 11 is 1.64. The summed E-state index contributed by atoms with van der Waals surface area (Å²) in [6, 6.07) is 8.76. The summed E-state index contributed by atoms with van der Waals surface area (Å²) < 4.78 is 12.7. The molecule has 1 aliphatic heterocycles. The molecule has 0 amide bonds. The quantitative estimate of drug-likeness (QED) is 0.451. The summed E-state index contributed by atoms with van der Waals surface area (Å²) in [7, 11) is 0. The molecular formula is C32H37NO4S. The lowest BCUT2D eigenvalue weighted by atomic mass is 9.51. The maximum absolute atomic E-state index is 13.2. The lowest BCUT2D eigenvalue weighted by molar-refractivity contribution is -0.322. The molecule has 0 radical (unpaired) electrons. The number of carbonyl (C=O) groups is 1. The number of thiazole rings is 1. The van der Waals surface area contributed by atoms with Gasteiger partial charge in [-0.1, -0.05) is 56.7 Å². The Bertz CT molecular complexity index is 1320. The first-order chi connectivity index (χ1) is 18.1. The summed E-state index contributed by atoms with van der Waals surface area (Å²) in [5.74, 6) is 0.145. The van der Waals surface area contributed by atoms with E-state index in [9.17, 15) is 9.90 Å². The van der Waals surface area contributed by atoms with Gasteiger partial charge in [-0.25, -0.2) is 4.98 Å². The van der Waals surface area contributed by atoms with Gasteiger partial charge in [0, 0.05) is 46.7 Å². The van der Waals surface area contributed by atoms with Gasteiger partial charge >= 0.3 is 0 Å². The third kappa shape index (κ3) is 3.75. The van der Waals surface area contributed by atoms with Gasteiger partial charge in [0.25, 0.3) is 0 Å². The number of allylic oxidation sites excluding steroid dienone is 3. The zero-order valence-electron chi connectivity index (χ0n) is 22.5. The molecule has 5 nitrogen and oxygen atoms in total. The smallest absolute Gasteiger partial charge is 0.171 e. The Labute approximate surface area is 229 Å². The molecule has 2 aromatic rings. The zero-order chi connectivity index (χ0) is 26.3. The van der Waals surface area contributed by atoms with E-state index in [1.165, 1.54) is 16.7 Å². The molecule has 7 rings (SSSR count). The second-order valence-corrected chi connectivity index (χ2v) is 14.2. The normalized spacial score (nSPS) is 37.2. The van der Waals surface area contributed by atoms with Crippen molar-refractivity contribution in [2.24, 2.45) is 22.7 Å². The third-order valence-electron chi connectivity index (χ3n) is 10.1. The fraction of sp³-hybridized carbons (Fsp3) is 0.562. The highest BCUT2D eigenvalue weighted by Crippen LogP contribution is 2.63.